The molecule has 3 heterocycles. The molecule has 0 saturated heterocycles. The van der Waals surface area contributed by atoms with Crippen molar-refractivity contribution in [1.29, 1.82) is 0 Å². The van der Waals surface area contributed by atoms with Gasteiger partial charge in [0, 0.05) is 28.5 Å². The van der Waals surface area contributed by atoms with Crippen molar-refractivity contribution in [2.45, 2.75) is 6.54 Å². The summed E-state index contributed by atoms with van der Waals surface area (Å²) in [5.41, 5.74) is 1.69. The molecule has 0 aliphatic carbocycles. The number of fused-ring (bicyclic) bond motifs is 2. The second-order valence-electron chi connectivity index (χ2n) is 6.82. The second-order valence-corrected chi connectivity index (χ2v) is 9.26. The molecule has 2 aromatic carbocycles. The third-order valence-corrected chi connectivity index (χ3v) is 7.57. The molecular weight excluding hydrogens is 450 g/mol. The highest BCUT2D eigenvalue weighted by Gasteiger charge is 2.26. The highest BCUT2D eigenvalue weighted by Crippen LogP contribution is 2.38. The van der Waals surface area contributed by atoms with Crippen LogP contribution >= 0.6 is 34.3 Å². The fourth-order valence-electron chi connectivity index (χ4n) is 3.31. The summed E-state index contributed by atoms with van der Waals surface area (Å²) in [6, 6.07) is 17.3. The van der Waals surface area contributed by atoms with Crippen molar-refractivity contribution in [3.8, 4) is 5.75 Å². The van der Waals surface area contributed by atoms with E-state index < -0.39 is 0 Å². The Kier molecular flexibility index (Phi) is 5.31. The first-order valence-electron chi connectivity index (χ1n) is 9.46. The number of rotatable bonds is 5. The van der Waals surface area contributed by atoms with E-state index in [1.807, 2.05) is 54.6 Å². The van der Waals surface area contributed by atoms with Gasteiger partial charge in [-0.05, 0) is 29.8 Å². The number of carbonyl (C=O) groups excluding carboxylic acids is 1. The Hall–Kier alpha value is -3.00. The lowest BCUT2D eigenvalue weighted by molar-refractivity contribution is 0.0989. The number of hydrogen-bond donors (Lipinski definition) is 0. The fourth-order valence-corrected chi connectivity index (χ4v) is 5.72. The van der Waals surface area contributed by atoms with E-state index in [2.05, 4.69) is 4.98 Å². The zero-order valence-corrected chi connectivity index (χ0v) is 18.8. The molecule has 154 valence electrons. The third kappa shape index (κ3) is 3.76. The normalized spacial score (nSPS) is 11.2. The number of ether oxygens (including phenoxy) is 1. The molecule has 0 aliphatic rings. The molecule has 1 amide bonds. The number of benzene rings is 2. The number of thiophene rings is 1. The molecule has 5 aromatic rings. The van der Waals surface area contributed by atoms with E-state index in [4.69, 9.17) is 21.3 Å². The number of amides is 1. The van der Waals surface area contributed by atoms with E-state index >= 15 is 0 Å². The van der Waals surface area contributed by atoms with Gasteiger partial charge in [-0.1, -0.05) is 47.2 Å². The summed E-state index contributed by atoms with van der Waals surface area (Å²) in [4.78, 5) is 24.8. The number of thiazole rings is 1. The van der Waals surface area contributed by atoms with Crippen LogP contribution in [0.1, 0.15) is 15.2 Å². The summed E-state index contributed by atoms with van der Waals surface area (Å²) < 4.78 is 7.27. The van der Waals surface area contributed by atoms with Crippen molar-refractivity contribution in [2.24, 2.45) is 0 Å². The van der Waals surface area contributed by atoms with Crippen LogP contribution in [0, 0.1) is 0 Å². The standard InChI is InChI=1S/C23H16ClN3O2S2/c1-29-15-8-9-19-17(11-15)26-23(31-19)27(13-14-5-4-10-25-12-14)22(28)21-20(24)16-6-2-3-7-18(16)30-21/h2-12H,13H2,1H3. The van der Waals surface area contributed by atoms with Gasteiger partial charge in [0.05, 0.1) is 28.9 Å². The number of anilines is 1. The van der Waals surface area contributed by atoms with Crippen molar-refractivity contribution in [2.75, 3.05) is 12.0 Å². The molecule has 0 aliphatic heterocycles. The maximum atomic E-state index is 13.7. The molecule has 8 heteroatoms. The van der Waals surface area contributed by atoms with Gasteiger partial charge in [0.25, 0.3) is 5.91 Å². The monoisotopic (exact) mass is 465 g/mol. The molecule has 0 N–H and O–H groups in total. The number of carbonyl (C=O) groups is 1. The van der Waals surface area contributed by atoms with Gasteiger partial charge in [-0.15, -0.1) is 11.3 Å². The molecule has 0 saturated carbocycles. The van der Waals surface area contributed by atoms with Crippen molar-refractivity contribution >= 4 is 65.6 Å². The SMILES string of the molecule is COc1ccc2sc(N(Cc3cccnc3)C(=O)c3sc4ccccc4c3Cl)nc2c1. The minimum atomic E-state index is -0.180. The number of aromatic nitrogens is 2. The van der Waals surface area contributed by atoms with E-state index in [1.54, 1.807) is 24.4 Å². The lowest BCUT2D eigenvalue weighted by atomic mass is 10.2. The molecule has 0 unspecified atom stereocenters. The smallest absolute Gasteiger partial charge is 0.272 e. The molecule has 31 heavy (non-hydrogen) atoms. The Labute approximate surface area is 191 Å². The summed E-state index contributed by atoms with van der Waals surface area (Å²) >= 11 is 9.48. The second kappa shape index (κ2) is 8.26. The Balaban J connectivity index is 1.61. The van der Waals surface area contributed by atoms with Gasteiger partial charge in [-0.2, -0.15) is 0 Å². The molecule has 0 fully saturated rings. The molecule has 3 aromatic heterocycles. The van der Waals surface area contributed by atoms with Crippen LogP contribution in [0.25, 0.3) is 20.3 Å². The number of nitrogens with zero attached hydrogens (tertiary/aromatic N) is 3. The minimum Gasteiger partial charge on any atom is -0.497 e. The average Bonchev–Trinajstić information content (AvgIpc) is 3.38. The van der Waals surface area contributed by atoms with E-state index in [1.165, 1.54) is 22.7 Å². The Bertz CT molecular complexity index is 1400. The van der Waals surface area contributed by atoms with Gasteiger partial charge in [0.2, 0.25) is 0 Å². The van der Waals surface area contributed by atoms with E-state index in [0.29, 0.717) is 21.6 Å². The van der Waals surface area contributed by atoms with Gasteiger partial charge in [-0.3, -0.25) is 14.7 Å². The number of halogens is 1. The zero-order valence-electron chi connectivity index (χ0n) is 16.4. The van der Waals surface area contributed by atoms with Crippen LogP contribution < -0.4 is 9.64 Å². The van der Waals surface area contributed by atoms with Crippen LogP contribution in [0.3, 0.4) is 0 Å². The van der Waals surface area contributed by atoms with Gasteiger partial charge < -0.3 is 4.74 Å². The number of pyridine rings is 1. The van der Waals surface area contributed by atoms with Crippen molar-refractivity contribution in [3.05, 3.63) is 82.5 Å². The Morgan fingerprint density at radius 1 is 1.10 bits per heavy atom. The lowest BCUT2D eigenvalue weighted by Gasteiger charge is -2.19. The zero-order chi connectivity index (χ0) is 21.4. The van der Waals surface area contributed by atoms with Gasteiger partial charge in [0.15, 0.2) is 5.13 Å². The quantitative estimate of drug-likeness (QED) is 0.300. The van der Waals surface area contributed by atoms with Gasteiger partial charge >= 0.3 is 0 Å². The van der Waals surface area contributed by atoms with Crippen LogP contribution in [0.5, 0.6) is 5.75 Å². The molecule has 0 bridgehead atoms. The first kappa shape index (κ1) is 19.9. The van der Waals surface area contributed by atoms with Crippen LogP contribution in [-0.2, 0) is 6.54 Å². The van der Waals surface area contributed by atoms with E-state index in [0.717, 1.165) is 31.6 Å². The Morgan fingerprint density at radius 3 is 2.74 bits per heavy atom. The average molecular weight is 466 g/mol. The highest BCUT2D eigenvalue weighted by atomic mass is 35.5. The number of methoxy groups -OCH3 is 1. The molecule has 0 spiro atoms. The molecule has 5 rings (SSSR count). The predicted octanol–water partition coefficient (Wildman–Crippen LogP) is 6.42. The minimum absolute atomic E-state index is 0.180. The maximum absolute atomic E-state index is 13.7. The first-order chi connectivity index (χ1) is 15.1. The van der Waals surface area contributed by atoms with E-state index in [-0.39, 0.29) is 5.91 Å². The summed E-state index contributed by atoms with van der Waals surface area (Å²) in [6.45, 7) is 0.341. The maximum Gasteiger partial charge on any atom is 0.272 e. The third-order valence-electron chi connectivity index (χ3n) is 4.85. The number of hydrogen-bond acceptors (Lipinski definition) is 6. The summed E-state index contributed by atoms with van der Waals surface area (Å²) in [6.07, 6.45) is 3.46. The Morgan fingerprint density at radius 2 is 1.97 bits per heavy atom. The van der Waals surface area contributed by atoms with Crippen LogP contribution in [0.2, 0.25) is 5.02 Å². The summed E-state index contributed by atoms with van der Waals surface area (Å²) in [7, 11) is 1.62. The molecule has 0 atom stereocenters. The van der Waals surface area contributed by atoms with E-state index in [9.17, 15) is 4.79 Å². The van der Waals surface area contributed by atoms with Gasteiger partial charge in [0.1, 0.15) is 10.6 Å². The highest BCUT2D eigenvalue weighted by molar-refractivity contribution is 7.23. The van der Waals surface area contributed by atoms with Crippen LogP contribution in [0.15, 0.2) is 67.0 Å². The lowest BCUT2D eigenvalue weighted by Crippen LogP contribution is -2.30. The van der Waals surface area contributed by atoms with Crippen molar-refractivity contribution < 1.29 is 9.53 Å². The van der Waals surface area contributed by atoms with Crippen LogP contribution in [0.4, 0.5) is 5.13 Å². The van der Waals surface area contributed by atoms with Crippen molar-refractivity contribution in [1.82, 2.24) is 9.97 Å². The largest absolute Gasteiger partial charge is 0.497 e. The molecule has 5 nitrogen and oxygen atoms in total. The first-order valence-corrected chi connectivity index (χ1v) is 11.5. The topological polar surface area (TPSA) is 55.3 Å². The summed E-state index contributed by atoms with van der Waals surface area (Å²) in [5, 5.41) is 1.96. The molecular formula is C23H16ClN3O2S2. The predicted molar refractivity (Wildman–Crippen MR) is 128 cm³/mol. The van der Waals surface area contributed by atoms with Crippen molar-refractivity contribution in [3.63, 3.8) is 0 Å². The molecule has 0 radical (unpaired) electrons. The van der Waals surface area contributed by atoms with Crippen LogP contribution in [-0.4, -0.2) is 23.0 Å². The fraction of sp³-hybridized carbons (Fsp3) is 0.0870. The summed E-state index contributed by atoms with van der Waals surface area (Å²) in [5.74, 6) is 0.545. The van der Waals surface area contributed by atoms with Gasteiger partial charge in [-0.25, -0.2) is 4.98 Å².